The molecule has 0 atom stereocenters. The van der Waals surface area contributed by atoms with Crippen LogP contribution in [0.3, 0.4) is 0 Å². The molecule has 0 saturated carbocycles. The molecule has 2 aromatic carbocycles. The Bertz CT molecular complexity index is 1320. The number of aromatic nitrogens is 2. The van der Waals surface area contributed by atoms with Crippen molar-refractivity contribution in [2.45, 2.75) is 33.6 Å². The number of carbonyl (C=O) groups is 1. The number of fused-ring (bicyclic) bond motifs is 1. The summed E-state index contributed by atoms with van der Waals surface area (Å²) in [5.74, 6) is -0.521. The summed E-state index contributed by atoms with van der Waals surface area (Å²) in [4.78, 5) is 40.0. The Morgan fingerprint density at radius 2 is 2.06 bits per heavy atom. The molecule has 10 nitrogen and oxygen atoms in total. The van der Waals surface area contributed by atoms with Gasteiger partial charge < -0.3 is 9.47 Å². The summed E-state index contributed by atoms with van der Waals surface area (Å²) in [5, 5.41) is 16.3. The molecule has 0 N–H and O–H groups in total. The maximum Gasteiger partial charge on any atom is 0.316 e. The molecule has 1 aromatic heterocycles. The van der Waals surface area contributed by atoms with Crippen molar-refractivity contribution >= 4 is 44.7 Å². The monoisotopic (exact) mass is 516 g/mol. The summed E-state index contributed by atoms with van der Waals surface area (Å²) in [6.07, 6.45) is 2.55. The van der Waals surface area contributed by atoms with E-state index < -0.39 is 16.6 Å². The summed E-state index contributed by atoms with van der Waals surface area (Å²) in [6, 6.07) is 7.86. The average molecular weight is 517 g/mol. The van der Waals surface area contributed by atoms with Gasteiger partial charge in [-0.3, -0.25) is 19.7 Å². The normalized spacial score (nSPS) is 11.2. The van der Waals surface area contributed by atoms with E-state index in [4.69, 9.17) is 9.47 Å². The van der Waals surface area contributed by atoms with Crippen molar-refractivity contribution in [2.75, 3.05) is 6.61 Å². The Morgan fingerprint density at radius 3 is 2.70 bits per heavy atom. The van der Waals surface area contributed by atoms with E-state index in [1.54, 1.807) is 25.1 Å². The van der Waals surface area contributed by atoms with Gasteiger partial charge in [0.25, 0.3) is 5.56 Å². The summed E-state index contributed by atoms with van der Waals surface area (Å²) < 4.78 is 12.4. The van der Waals surface area contributed by atoms with Crippen LogP contribution in [0.5, 0.6) is 11.5 Å². The molecule has 3 aromatic rings. The van der Waals surface area contributed by atoms with E-state index in [0.717, 1.165) is 17.8 Å². The Labute approximate surface area is 197 Å². The zero-order chi connectivity index (χ0) is 24.1. The number of aryl methyl sites for hydroxylation is 1. The summed E-state index contributed by atoms with van der Waals surface area (Å²) >= 11 is 3.36. The number of halogens is 1. The molecule has 0 fully saturated rings. The van der Waals surface area contributed by atoms with Crippen molar-refractivity contribution < 1.29 is 19.2 Å². The first-order valence-corrected chi connectivity index (χ1v) is 10.9. The van der Waals surface area contributed by atoms with E-state index in [-0.39, 0.29) is 29.2 Å². The van der Waals surface area contributed by atoms with Crippen LogP contribution < -0.4 is 15.0 Å². The molecule has 0 unspecified atom stereocenters. The predicted octanol–water partition coefficient (Wildman–Crippen LogP) is 4.23. The third-order valence-corrected chi connectivity index (χ3v) is 4.96. The van der Waals surface area contributed by atoms with Crippen LogP contribution >= 0.6 is 15.9 Å². The van der Waals surface area contributed by atoms with E-state index in [9.17, 15) is 19.7 Å². The van der Waals surface area contributed by atoms with Crippen molar-refractivity contribution in [1.29, 1.82) is 0 Å². The van der Waals surface area contributed by atoms with Crippen LogP contribution in [-0.2, 0) is 11.2 Å². The van der Waals surface area contributed by atoms with Crippen LogP contribution in [0.4, 0.5) is 5.69 Å². The van der Waals surface area contributed by atoms with Gasteiger partial charge >= 0.3 is 11.7 Å². The Kier molecular flexibility index (Phi) is 7.54. The minimum absolute atomic E-state index is 0.0186. The number of hydrogen-bond acceptors (Lipinski definition) is 8. The van der Waals surface area contributed by atoms with Crippen LogP contribution in [0.15, 0.2) is 44.7 Å². The second-order valence-electron chi connectivity index (χ2n) is 6.95. The van der Waals surface area contributed by atoms with Gasteiger partial charge in [0.05, 0.1) is 28.6 Å². The average Bonchev–Trinajstić information content (AvgIpc) is 2.75. The van der Waals surface area contributed by atoms with Crippen molar-refractivity contribution in [1.82, 2.24) is 9.66 Å². The van der Waals surface area contributed by atoms with Gasteiger partial charge in [-0.15, -0.1) is 0 Å². The van der Waals surface area contributed by atoms with Gasteiger partial charge in [-0.1, -0.05) is 22.9 Å². The van der Waals surface area contributed by atoms with Crippen LogP contribution in [-0.4, -0.2) is 33.4 Å². The molecule has 0 amide bonds. The van der Waals surface area contributed by atoms with Crippen LogP contribution in [0, 0.1) is 10.1 Å². The molecule has 1 heterocycles. The topological polar surface area (TPSA) is 126 Å². The Morgan fingerprint density at radius 1 is 1.30 bits per heavy atom. The molecule has 0 spiro atoms. The highest BCUT2D eigenvalue weighted by Gasteiger charge is 2.24. The maximum atomic E-state index is 13.1. The molecule has 0 saturated heterocycles. The highest BCUT2D eigenvalue weighted by molar-refractivity contribution is 9.10. The van der Waals surface area contributed by atoms with Crippen molar-refractivity contribution in [3.8, 4) is 11.5 Å². The lowest BCUT2D eigenvalue weighted by atomic mass is 10.2. The van der Waals surface area contributed by atoms with E-state index >= 15 is 0 Å². The minimum Gasteiger partial charge on any atom is -0.490 e. The van der Waals surface area contributed by atoms with E-state index in [1.807, 2.05) is 6.92 Å². The van der Waals surface area contributed by atoms with Gasteiger partial charge in [0.1, 0.15) is 5.82 Å². The summed E-state index contributed by atoms with van der Waals surface area (Å²) in [6.45, 7) is 4.98. The third kappa shape index (κ3) is 5.43. The van der Waals surface area contributed by atoms with Crippen molar-refractivity contribution in [2.24, 2.45) is 5.10 Å². The van der Waals surface area contributed by atoms with Crippen LogP contribution in [0.1, 0.15) is 38.6 Å². The standard InChI is InChI=1S/C22H21BrN4O6/c1-4-6-20-25-17-8-7-15(23)11-16(17)22(29)26(20)24-12-14-9-18(27(30)31)21(33-13(3)28)19(10-14)32-5-2/h7-12H,4-6H2,1-3H3. The number of ether oxygens (including phenoxy) is 2. The van der Waals surface area contributed by atoms with Gasteiger partial charge in [-0.25, -0.2) is 4.98 Å². The fraction of sp³-hybridized carbons (Fsp3) is 0.273. The first-order valence-electron chi connectivity index (χ1n) is 10.1. The molecule has 0 aliphatic heterocycles. The van der Waals surface area contributed by atoms with E-state index in [0.29, 0.717) is 23.1 Å². The Balaban J connectivity index is 2.17. The summed E-state index contributed by atoms with van der Waals surface area (Å²) in [7, 11) is 0. The molecule has 33 heavy (non-hydrogen) atoms. The lowest BCUT2D eigenvalue weighted by Crippen LogP contribution is -2.22. The zero-order valence-electron chi connectivity index (χ0n) is 18.2. The molecular formula is C22H21BrN4O6. The summed E-state index contributed by atoms with van der Waals surface area (Å²) in [5.41, 5.74) is 0.0132. The molecule has 0 radical (unpaired) electrons. The van der Waals surface area contributed by atoms with Gasteiger partial charge in [0.15, 0.2) is 5.75 Å². The third-order valence-electron chi connectivity index (χ3n) is 4.47. The molecule has 11 heteroatoms. The largest absolute Gasteiger partial charge is 0.490 e. The van der Waals surface area contributed by atoms with Gasteiger partial charge in [0.2, 0.25) is 5.75 Å². The maximum absolute atomic E-state index is 13.1. The smallest absolute Gasteiger partial charge is 0.316 e. The van der Waals surface area contributed by atoms with Crippen molar-refractivity contribution in [3.63, 3.8) is 0 Å². The lowest BCUT2D eigenvalue weighted by Gasteiger charge is -2.11. The van der Waals surface area contributed by atoms with E-state index in [2.05, 4.69) is 26.0 Å². The zero-order valence-corrected chi connectivity index (χ0v) is 19.8. The molecule has 0 aliphatic rings. The van der Waals surface area contributed by atoms with Crippen molar-refractivity contribution in [3.05, 3.63) is 66.7 Å². The first-order chi connectivity index (χ1) is 15.7. The van der Waals surface area contributed by atoms with Crippen LogP contribution in [0.2, 0.25) is 0 Å². The molecule has 0 aliphatic carbocycles. The van der Waals surface area contributed by atoms with Gasteiger partial charge in [-0.2, -0.15) is 9.78 Å². The quantitative estimate of drug-likeness (QED) is 0.144. The number of benzene rings is 2. The molecule has 3 rings (SSSR count). The van der Waals surface area contributed by atoms with E-state index in [1.165, 1.54) is 23.0 Å². The predicted molar refractivity (Wildman–Crippen MR) is 126 cm³/mol. The number of hydrogen-bond donors (Lipinski definition) is 0. The molecule has 172 valence electrons. The number of esters is 1. The fourth-order valence-corrected chi connectivity index (χ4v) is 3.51. The van der Waals surface area contributed by atoms with Gasteiger partial charge in [0, 0.05) is 29.4 Å². The number of nitro groups is 1. The number of nitrogens with zero attached hydrogens (tertiary/aromatic N) is 4. The number of rotatable bonds is 8. The second kappa shape index (κ2) is 10.3. The lowest BCUT2D eigenvalue weighted by molar-refractivity contribution is -0.385. The number of nitro benzene ring substituents is 1. The minimum atomic E-state index is -0.718. The molecule has 0 bridgehead atoms. The van der Waals surface area contributed by atoms with Gasteiger partial charge in [-0.05, 0) is 37.6 Å². The fourth-order valence-electron chi connectivity index (χ4n) is 3.15. The van der Waals surface area contributed by atoms with Crippen LogP contribution in [0.25, 0.3) is 10.9 Å². The Hall–Kier alpha value is -3.60. The highest BCUT2D eigenvalue weighted by Crippen LogP contribution is 2.38. The highest BCUT2D eigenvalue weighted by atomic mass is 79.9. The second-order valence-corrected chi connectivity index (χ2v) is 7.87. The number of carbonyl (C=O) groups excluding carboxylic acids is 1. The first kappa shape index (κ1) is 24.1. The SMILES string of the molecule is CCCc1nc2ccc(Br)cc2c(=O)n1N=Cc1cc(OCC)c(OC(C)=O)c([N+](=O)[O-])c1. The molecular weight excluding hydrogens is 496 g/mol.